The molecule has 0 saturated heterocycles. The number of hydrogen-bond acceptors (Lipinski definition) is 2. The Kier molecular flexibility index (Phi) is 4.62. The predicted octanol–water partition coefficient (Wildman–Crippen LogP) is 3.09. The second-order valence-electron chi connectivity index (χ2n) is 4.79. The van der Waals surface area contributed by atoms with Crippen LogP contribution in [0.5, 0.6) is 0 Å². The van der Waals surface area contributed by atoms with Crippen LogP contribution in [-0.4, -0.2) is 11.6 Å². The second-order valence-corrected chi connectivity index (χ2v) is 4.79. The molecule has 1 aromatic carbocycles. The summed E-state index contributed by atoms with van der Waals surface area (Å²) in [4.78, 5) is 22.6. The first-order chi connectivity index (χ1) is 7.90. The Morgan fingerprint density at radius 2 is 1.53 bits per heavy atom. The lowest BCUT2D eigenvalue weighted by molar-refractivity contribution is -0.122. The average molecular weight is 232 g/mol. The minimum Gasteiger partial charge on any atom is -0.300 e. The molecule has 0 bridgehead atoms. The van der Waals surface area contributed by atoms with Crippen LogP contribution in [0.15, 0.2) is 12.1 Å². The lowest BCUT2D eigenvalue weighted by atomic mass is 9.94. The van der Waals surface area contributed by atoms with Crippen LogP contribution in [0.4, 0.5) is 0 Å². The maximum atomic E-state index is 11.8. The largest absolute Gasteiger partial charge is 0.300 e. The SMILES string of the molecule is CC(=O)CCC(=O)Cc1c(C)cc(C)cc1C. The fourth-order valence-electron chi connectivity index (χ4n) is 2.09. The number of aryl methyl sites for hydroxylation is 3. The van der Waals surface area contributed by atoms with Gasteiger partial charge in [-0.25, -0.2) is 0 Å². The lowest BCUT2D eigenvalue weighted by Gasteiger charge is -2.10. The molecule has 0 spiro atoms. The Bertz CT molecular complexity index is 421. The van der Waals surface area contributed by atoms with E-state index in [1.165, 1.54) is 23.6 Å². The summed E-state index contributed by atoms with van der Waals surface area (Å²) in [6, 6.07) is 4.20. The van der Waals surface area contributed by atoms with E-state index in [4.69, 9.17) is 0 Å². The summed E-state index contributed by atoms with van der Waals surface area (Å²) in [5, 5.41) is 0. The molecule has 0 atom stereocenters. The summed E-state index contributed by atoms with van der Waals surface area (Å²) in [5.74, 6) is 0.228. The molecule has 1 rings (SSSR count). The molecule has 2 nitrogen and oxygen atoms in total. The van der Waals surface area contributed by atoms with Gasteiger partial charge in [0.1, 0.15) is 11.6 Å². The molecule has 0 aliphatic carbocycles. The number of carbonyl (C=O) groups excluding carboxylic acids is 2. The van der Waals surface area contributed by atoms with Crippen LogP contribution in [0.25, 0.3) is 0 Å². The maximum Gasteiger partial charge on any atom is 0.137 e. The van der Waals surface area contributed by atoms with Gasteiger partial charge in [0.05, 0.1) is 0 Å². The zero-order valence-corrected chi connectivity index (χ0v) is 11.1. The van der Waals surface area contributed by atoms with Gasteiger partial charge in [-0.1, -0.05) is 17.7 Å². The molecule has 0 aromatic heterocycles. The van der Waals surface area contributed by atoms with Crippen molar-refractivity contribution in [2.24, 2.45) is 0 Å². The van der Waals surface area contributed by atoms with Crippen LogP contribution in [-0.2, 0) is 16.0 Å². The fourth-order valence-corrected chi connectivity index (χ4v) is 2.09. The summed E-state index contributed by atoms with van der Waals surface area (Å²) in [7, 11) is 0. The van der Waals surface area contributed by atoms with Gasteiger partial charge in [0.15, 0.2) is 0 Å². The van der Waals surface area contributed by atoms with Crippen LogP contribution < -0.4 is 0 Å². The second kappa shape index (κ2) is 5.76. The first-order valence-electron chi connectivity index (χ1n) is 5.98. The molecule has 0 N–H and O–H groups in total. The quantitative estimate of drug-likeness (QED) is 0.781. The fraction of sp³-hybridized carbons (Fsp3) is 0.467. The topological polar surface area (TPSA) is 34.1 Å². The van der Waals surface area contributed by atoms with E-state index in [1.54, 1.807) is 0 Å². The standard InChI is InChI=1S/C15H20O2/c1-10-7-11(2)15(12(3)8-10)9-14(17)6-5-13(4)16/h7-8H,5-6,9H2,1-4H3. The van der Waals surface area contributed by atoms with Crippen molar-refractivity contribution in [3.63, 3.8) is 0 Å². The van der Waals surface area contributed by atoms with E-state index in [9.17, 15) is 9.59 Å². The van der Waals surface area contributed by atoms with Crippen LogP contribution in [0, 0.1) is 20.8 Å². The summed E-state index contributed by atoms with van der Waals surface area (Å²) in [5.41, 5.74) is 4.67. The number of Topliss-reactive ketones (excluding diaryl/α,β-unsaturated/α-hetero) is 2. The van der Waals surface area contributed by atoms with Crippen LogP contribution in [0.3, 0.4) is 0 Å². The van der Waals surface area contributed by atoms with E-state index in [-0.39, 0.29) is 11.6 Å². The molecule has 0 aliphatic rings. The number of ketones is 2. The smallest absolute Gasteiger partial charge is 0.137 e. The van der Waals surface area contributed by atoms with E-state index < -0.39 is 0 Å². The van der Waals surface area contributed by atoms with E-state index in [1.807, 2.05) is 13.8 Å². The molecule has 1 aromatic rings. The summed E-state index contributed by atoms with van der Waals surface area (Å²) in [6.07, 6.45) is 1.18. The zero-order chi connectivity index (χ0) is 13.0. The van der Waals surface area contributed by atoms with Gasteiger partial charge in [-0.2, -0.15) is 0 Å². The first kappa shape index (κ1) is 13.6. The number of benzene rings is 1. The molecule has 2 heteroatoms. The Labute approximate surface area is 103 Å². The minimum absolute atomic E-state index is 0.0794. The highest BCUT2D eigenvalue weighted by atomic mass is 16.1. The Morgan fingerprint density at radius 1 is 1.00 bits per heavy atom. The normalized spacial score (nSPS) is 10.4. The van der Waals surface area contributed by atoms with Crippen molar-refractivity contribution in [3.8, 4) is 0 Å². The predicted molar refractivity (Wildman–Crippen MR) is 69.3 cm³/mol. The highest BCUT2D eigenvalue weighted by molar-refractivity contribution is 5.86. The van der Waals surface area contributed by atoms with Gasteiger partial charge in [0.2, 0.25) is 0 Å². The molecular weight excluding hydrogens is 212 g/mol. The summed E-state index contributed by atoms with van der Waals surface area (Å²) < 4.78 is 0. The molecule has 0 unspecified atom stereocenters. The Balaban J connectivity index is 2.75. The van der Waals surface area contributed by atoms with Gasteiger partial charge < -0.3 is 4.79 Å². The van der Waals surface area contributed by atoms with Gasteiger partial charge in [-0.05, 0) is 44.4 Å². The van der Waals surface area contributed by atoms with E-state index >= 15 is 0 Å². The lowest BCUT2D eigenvalue weighted by Crippen LogP contribution is -2.07. The molecule has 0 heterocycles. The molecule has 0 amide bonds. The number of rotatable bonds is 5. The van der Waals surface area contributed by atoms with Crippen molar-refractivity contribution in [3.05, 3.63) is 34.4 Å². The van der Waals surface area contributed by atoms with Crippen LogP contribution >= 0.6 is 0 Å². The summed E-state index contributed by atoms with van der Waals surface area (Å²) >= 11 is 0. The minimum atomic E-state index is 0.0794. The third-order valence-electron chi connectivity index (χ3n) is 2.97. The van der Waals surface area contributed by atoms with Crippen molar-refractivity contribution < 1.29 is 9.59 Å². The molecule has 0 radical (unpaired) electrons. The van der Waals surface area contributed by atoms with Gasteiger partial charge in [0, 0.05) is 19.3 Å². The van der Waals surface area contributed by atoms with Crippen molar-refractivity contribution in [2.75, 3.05) is 0 Å². The highest BCUT2D eigenvalue weighted by Crippen LogP contribution is 2.17. The van der Waals surface area contributed by atoms with E-state index in [0.717, 1.165) is 5.56 Å². The third kappa shape index (κ3) is 4.14. The van der Waals surface area contributed by atoms with Crippen molar-refractivity contribution in [2.45, 2.75) is 47.0 Å². The number of carbonyl (C=O) groups is 2. The molecule has 0 fully saturated rings. The highest BCUT2D eigenvalue weighted by Gasteiger charge is 2.10. The monoisotopic (exact) mass is 232 g/mol. The molecule has 17 heavy (non-hydrogen) atoms. The third-order valence-corrected chi connectivity index (χ3v) is 2.97. The van der Waals surface area contributed by atoms with Gasteiger partial charge >= 0.3 is 0 Å². The Morgan fingerprint density at radius 3 is 2.00 bits per heavy atom. The maximum absolute atomic E-state index is 11.8. The van der Waals surface area contributed by atoms with Gasteiger partial charge in [-0.3, -0.25) is 4.79 Å². The Hall–Kier alpha value is -1.44. The van der Waals surface area contributed by atoms with Crippen molar-refractivity contribution in [1.82, 2.24) is 0 Å². The molecular formula is C15H20O2. The first-order valence-corrected chi connectivity index (χ1v) is 5.98. The van der Waals surface area contributed by atoms with E-state index in [2.05, 4.69) is 19.1 Å². The van der Waals surface area contributed by atoms with Crippen LogP contribution in [0.1, 0.15) is 42.0 Å². The zero-order valence-electron chi connectivity index (χ0n) is 11.1. The van der Waals surface area contributed by atoms with Crippen molar-refractivity contribution >= 4 is 11.6 Å². The summed E-state index contributed by atoms with van der Waals surface area (Å²) in [6.45, 7) is 7.65. The van der Waals surface area contributed by atoms with E-state index in [0.29, 0.717) is 19.3 Å². The van der Waals surface area contributed by atoms with Gasteiger partial charge in [-0.15, -0.1) is 0 Å². The molecule has 0 aliphatic heterocycles. The van der Waals surface area contributed by atoms with Gasteiger partial charge in [0.25, 0.3) is 0 Å². The molecule has 0 saturated carbocycles. The van der Waals surface area contributed by atoms with Crippen LogP contribution in [0.2, 0.25) is 0 Å². The molecule has 92 valence electrons. The number of hydrogen-bond donors (Lipinski definition) is 0. The van der Waals surface area contributed by atoms with Crippen molar-refractivity contribution in [1.29, 1.82) is 0 Å². The average Bonchev–Trinajstić information content (AvgIpc) is 2.20.